The Balaban J connectivity index is 2.59. The fourth-order valence-corrected chi connectivity index (χ4v) is 1.59. The van der Waals surface area contributed by atoms with E-state index in [-0.39, 0.29) is 6.10 Å². The van der Waals surface area contributed by atoms with Crippen LogP contribution in [0.3, 0.4) is 0 Å². The number of halogens is 1. The Labute approximate surface area is 99.4 Å². The molecular formula is C12H13ClN2O. The number of hydrogen-bond acceptors (Lipinski definition) is 3. The van der Waals surface area contributed by atoms with Crippen LogP contribution in [0.4, 0.5) is 0 Å². The summed E-state index contributed by atoms with van der Waals surface area (Å²) in [7, 11) is 0. The summed E-state index contributed by atoms with van der Waals surface area (Å²) < 4.78 is 5.66. The van der Waals surface area contributed by atoms with E-state index in [1.165, 1.54) is 0 Å². The lowest BCUT2D eigenvalue weighted by atomic mass is 10.2. The van der Waals surface area contributed by atoms with Gasteiger partial charge in [0, 0.05) is 0 Å². The molecule has 0 bridgehead atoms. The lowest BCUT2D eigenvalue weighted by molar-refractivity contribution is 0.235. The van der Waals surface area contributed by atoms with E-state index in [0.717, 1.165) is 10.9 Å². The van der Waals surface area contributed by atoms with E-state index in [0.29, 0.717) is 17.6 Å². The molecule has 2 aromatic rings. The molecule has 0 fully saturated rings. The highest BCUT2D eigenvalue weighted by Gasteiger charge is 2.09. The van der Waals surface area contributed by atoms with Crippen LogP contribution in [0.25, 0.3) is 10.9 Å². The first-order valence-electron chi connectivity index (χ1n) is 5.19. The average Bonchev–Trinajstić information content (AvgIpc) is 2.28. The molecule has 0 saturated heterocycles. The van der Waals surface area contributed by atoms with E-state index in [2.05, 4.69) is 9.97 Å². The first kappa shape index (κ1) is 11.1. The number of para-hydroxylation sites is 1. The van der Waals surface area contributed by atoms with Crippen LogP contribution in [-0.4, -0.2) is 16.1 Å². The molecule has 84 valence electrons. The van der Waals surface area contributed by atoms with Crippen molar-refractivity contribution in [3.63, 3.8) is 0 Å². The number of rotatable bonds is 3. The summed E-state index contributed by atoms with van der Waals surface area (Å²) in [5.41, 5.74) is 0.865. The van der Waals surface area contributed by atoms with Gasteiger partial charge in [-0.3, -0.25) is 0 Å². The molecule has 1 aromatic heterocycles. The summed E-state index contributed by atoms with van der Waals surface area (Å²) in [4.78, 5) is 8.63. The zero-order chi connectivity index (χ0) is 11.5. The number of aromatic nitrogens is 2. The van der Waals surface area contributed by atoms with Crippen LogP contribution in [0.2, 0.25) is 0 Å². The second kappa shape index (κ2) is 4.66. The van der Waals surface area contributed by atoms with Crippen molar-refractivity contribution in [1.82, 2.24) is 9.97 Å². The van der Waals surface area contributed by atoms with Gasteiger partial charge >= 0.3 is 0 Å². The fourth-order valence-electron chi connectivity index (χ4n) is 1.47. The summed E-state index contributed by atoms with van der Waals surface area (Å²) in [5.74, 6) is 1.49. The normalized spacial score (nSPS) is 11.0. The van der Waals surface area contributed by atoms with Gasteiger partial charge in [0.2, 0.25) is 5.88 Å². The second-order valence-electron chi connectivity index (χ2n) is 3.76. The third-order valence-corrected chi connectivity index (χ3v) is 2.32. The lowest BCUT2D eigenvalue weighted by Gasteiger charge is -2.11. The maximum atomic E-state index is 5.76. The minimum absolute atomic E-state index is 0.0847. The third-order valence-electron chi connectivity index (χ3n) is 2.08. The Morgan fingerprint density at radius 1 is 1.25 bits per heavy atom. The summed E-state index contributed by atoms with van der Waals surface area (Å²) >= 11 is 5.76. The molecule has 0 spiro atoms. The van der Waals surface area contributed by atoms with Gasteiger partial charge in [0.25, 0.3) is 0 Å². The number of hydrogen-bond donors (Lipinski definition) is 0. The molecule has 0 amide bonds. The molecule has 0 aliphatic carbocycles. The van der Waals surface area contributed by atoms with Crippen molar-refractivity contribution < 1.29 is 4.74 Å². The molecule has 0 atom stereocenters. The van der Waals surface area contributed by atoms with Crippen LogP contribution in [0.1, 0.15) is 19.7 Å². The second-order valence-corrected chi connectivity index (χ2v) is 4.03. The topological polar surface area (TPSA) is 35.0 Å². The molecule has 2 rings (SSSR count). The van der Waals surface area contributed by atoms with E-state index >= 15 is 0 Å². The maximum absolute atomic E-state index is 5.76. The number of alkyl halides is 1. The van der Waals surface area contributed by atoms with Crippen LogP contribution in [-0.2, 0) is 5.88 Å². The first-order valence-corrected chi connectivity index (χ1v) is 5.72. The number of ether oxygens (including phenoxy) is 1. The fraction of sp³-hybridized carbons (Fsp3) is 0.333. The molecular weight excluding hydrogens is 224 g/mol. The van der Waals surface area contributed by atoms with E-state index in [4.69, 9.17) is 16.3 Å². The van der Waals surface area contributed by atoms with Crippen molar-refractivity contribution in [3.8, 4) is 5.88 Å². The summed E-state index contributed by atoms with van der Waals surface area (Å²) in [5, 5.41) is 0.921. The Morgan fingerprint density at radius 2 is 2.00 bits per heavy atom. The van der Waals surface area contributed by atoms with Gasteiger partial charge in [-0.15, -0.1) is 11.6 Å². The Morgan fingerprint density at radius 3 is 2.69 bits per heavy atom. The quantitative estimate of drug-likeness (QED) is 0.768. The number of nitrogens with zero attached hydrogens (tertiary/aromatic N) is 2. The van der Waals surface area contributed by atoms with Crippen molar-refractivity contribution >= 4 is 22.5 Å². The Bertz CT molecular complexity index is 499. The van der Waals surface area contributed by atoms with Gasteiger partial charge in [0.05, 0.1) is 22.9 Å². The molecule has 1 heterocycles. The zero-order valence-electron chi connectivity index (χ0n) is 9.27. The van der Waals surface area contributed by atoms with Crippen molar-refractivity contribution in [2.45, 2.75) is 25.8 Å². The predicted octanol–water partition coefficient (Wildman–Crippen LogP) is 3.16. The molecule has 0 unspecified atom stereocenters. The van der Waals surface area contributed by atoms with Gasteiger partial charge in [0.1, 0.15) is 5.82 Å². The summed E-state index contributed by atoms with van der Waals surface area (Å²) in [6.45, 7) is 3.94. The number of fused-ring (bicyclic) bond motifs is 1. The SMILES string of the molecule is CC(C)Oc1nc(CCl)nc2ccccc12. The van der Waals surface area contributed by atoms with Crippen LogP contribution in [0.5, 0.6) is 5.88 Å². The zero-order valence-corrected chi connectivity index (χ0v) is 10.0. The smallest absolute Gasteiger partial charge is 0.225 e. The first-order chi connectivity index (χ1) is 7.70. The molecule has 16 heavy (non-hydrogen) atoms. The Hall–Kier alpha value is -1.35. The highest BCUT2D eigenvalue weighted by Crippen LogP contribution is 2.23. The molecule has 0 aliphatic rings. The molecule has 0 N–H and O–H groups in total. The van der Waals surface area contributed by atoms with Crippen molar-refractivity contribution in [2.75, 3.05) is 0 Å². The standard InChI is InChI=1S/C12H13ClN2O/c1-8(2)16-12-9-5-3-4-6-10(9)14-11(7-13)15-12/h3-6,8H,7H2,1-2H3. The van der Waals surface area contributed by atoms with Crippen LogP contribution in [0.15, 0.2) is 24.3 Å². The molecule has 0 saturated carbocycles. The van der Waals surface area contributed by atoms with Crippen LogP contribution < -0.4 is 4.74 Å². The van der Waals surface area contributed by atoms with E-state index in [1.54, 1.807) is 0 Å². The summed E-state index contributed by atoms with van der Waals surface area (Å²) in [6.07, 6.45) is 0.0847. The largest absolute Gasteiger partial charge is 0.474 e. The Kier molecular flexibility index (Phi) is 3.25. The molecule has 4 heteroatoms. The van der Waals surface area contributed by atoms with Gasteiger partial charge in [-0.1, -0.05) is 12.1 Å². The lowest BCUT2D eigenvalue weighted by Crippen LogP contribution is -2.08. The van der Waals surface area contributed by atoms with E-state index < -0.39 is 0 Å². The van der Waals surface area contributed by atoms with Gasteiger partial charge in [0.15, 0.2) is 0 Å². The monoisotopic (exact) mass is 236 g/mol. The average molecular weight is 237 g/mol. The minimum atomic E-state index is 0.0847. The van der Waals surface area contributed by atoms with Gasteiger partial charge in [-0.2, -0.15) is 4.98 Å². The highest BCUT2D eigenvalue weighted by atomic mass is 35.5. The van der Waals surface area contributed by atoms with Crippen molar-refractivity contribution in [2.24, 2.45) is 0 Å². The van der Waals surface area contributed by atoms with Gasteiger partial charge < -0.3 is 4.74 Å². The molecule has 3 nitrogen and oxygen atoms in total. The van der Waals surface area contributed by atoms with E-state index in [1.807, 2.05) is 38.1 Å². The predicted molar refractivity (Wildman–Crippen MR) is 64.9 cm³/mol. The number of benzene rings is 1. The maximum Gasteiger partial charge on any atom is 0.225 e. The highest BCUT2D eigenvalue weighted by molar-refractivity contribution is 6.16. The summed E-state index contributed by atoms with van der Waals surface area (Å²) in [6, 6.07) is 7.76. The minimum Gasteiger partial charge on any atom is -0.474 e. The van der Waals surface area contributed by atoms with Crippen LogP contribution >= 0.6 is 11.6 Å². The third kappa shape index (κ3) is 2.25. The van der Waals surface area contributed by atoms with Crippen LogP contribution in [0, 0.1) is 0 Å². The van der Waals surface area contributed by atoms with Crippen molar-refractivity contribution in [1.29, 1.82) is 0 Å². The van der Waals surface area contributed by atoms with Gasteiger partial charge in [-0.05, 0) is 26.0 Å². The van der Waals surface area contributed by atoms with Gasteiger partial charge in [-0.25, -0.2) is 4.98 Å². The van der Waals surface area contributed by atoms with Crippen molar-refractivity contribution in [3.05, 3.63) is 30.1 Å². The molecule has 0 aliphatic heterocycles. The molecule has 0 radical (unpaired) electrons. The molecule has 1 aromatic carbocycles. The van der Waals surface area contributed by atoms with E-state index in [9.17, 15) is 0 Å².